The third kappa shape index (κ3) is 4.75. The average molecular weight is 354 g/mol. The summed E-state index contributed by atoms with van der Waals surface area (Å²) in [5, 5.41) is 5.38. The molecule has 0 aromatic heterocycles. The first-order valence-electron chi connectivity index (χ1n) is 8.62. The van der Waals surface area contributed by atoms with E-state index in [4.69, 9.17) is 9.47 Å². The molecule has 2 amide bonds. The minimum Gasteiger partial charge on any atom is -0.454 e. The second-order valence-corrected chi connectivity index (χ2v) is 6.17. The first-order valence-corrected chi connectivity index (χ1v) is 8.62. The van der Waals surface area contributed by atoms with Gasteiger partial charge in [-0.3, -0.25) is 9.59 Å². The molecule has 2 aromatic carbocycles. The molecule has 136 valence electrons. The quantitative estimate of drug-likeness (QED) is 0.802. The van der Waals surface area contributed by atoms with E-state index in [1.165, 1.54) is 11.1 Å². The number of ether oxygens (including phenoxy) is 2. The van der Waals surface area contributed by atoms with E-state index in [1.807, 2.05) is 12.1 Å². The topological polar surface area (TPSA) is 76.7 Å². The second kappa shape index (κ2) is 8.38. The lowest BCUT2D eigenvalue weighted by Gasteiger charge is -2.08. The van der Waals surface area contributed by atoms with Gasteiger partial charge in [-0.1, -0.05) is 24.3 Å². The molecule has 2 aromatic rings. The Hall–Kier alpha value is -3.02. The summed E-state index contributed by atoms with van der Waals surface area (Å²) >= 11 is 0. The zero-order valence-electron chi connectivity index (χ0n) is 14.7. The van der Waals surface area contributed by atoms with Crippen LogP contribution in [0.3, 0.4) is 0 Å². The van der Waals surface area contributed by atoms with Crippen molar-refractivity contribution in [1.82, 2.24) is 5.32 Å². The molecule has 0 fully saturated rings. The monoisotopic (exact) mass is 354 g/mol. The molecule has 1 aliphatic heterocycles. The molecule has 0 radical (unpaired) electrons. The highest BCUT2D eigenvalue weighted by Gasteiger charge is 2.14. The number of aryl methyl sites for hydroxylation is 2. The van der Waals surface area contributed by atoms with Crippen molar-refractivity contribution in [2.24, 2.45) is 0 Å². The Morgan fingerprint density at radius 2 is 1.85 bits per heavy atom. The van der Waals surface area contributed by atoms with Gasteiger partial charge in [-0.05, 0) is 43.0 Å². The van der Waals surface area contributed by atoms with Crippen LogP contribution in [0.1, 0.15) is 24.0 Å². The molecule has 0 spiro atoms. The maximum Gasteiger partial charge on any atom is 0.243 e. The van der Waals surface area contributed by atoms with Crippen LogP contribution in [-0.2, 0) is 16.0 Å². The standard InChI is InChI=1S/C20H22N2O4/c1-14-5-2-3-6-15(14)7-4-8-19(23)21-12-20(24)22-16-9-10-17-18(11-16)26-13-25-17/h2-3,5-6,9-11H,4,7-8,12-13H2,1H3,(H,21,23)(H,22,24). The first-order chi connectivity index (χ1) is 12.6. The number of hydrogen-bond donors (Lipinski definition) is 2. The lowest BCUT2D eigenvalue weighted by atomic mass is 10.0. The van der Waals surface area contributed by atoms with Crippen molar-refractivity contribution < 1.29 is 19.1 Å². The number of carbonyl (C=O) groups excluding carboxylic acids is 2. The maximum atomic E-state index is 12.0. The van der Waals surface area contributed by atoms with Crippen LogP contribution in [0.2, 0.25) is 0 Å². The van der Waals surface area contributed by atoms with Crippen LogP contribution >= 0.6 is 0 Å². The first kappa shape index (κ1) is 17.8. The number of anilines is 1. The fourth-order valence-corrected chi connectivity index (χ4v) is 2.78. The van der Waals surface area contributed by atoms with Gasteiger partial charge >= 0.3 is 0 Å². The van der Waals surface area contributed by atoms with Gasteiger partial charge in [0, 0.05) is 18.2 Å². The van der Waals surface area contributed by atoms with Gasteiger partial charge in [-0.2, -0.15) is 0 Å². The Balaban J connectivity index is 1.37. The number of fused-ring (bicyclic) bond motifs is 1. The Labute approximate surface area is 152 Å². The normalized spacial score (nSPS) is 11.9. The molecule has 0 saturated carbocycles. The number of carbonyl (C=O) groups is 2. The van der Waals surface area contributed by atoms with Crippen molar-refractivity contribution in [1.29, 1.82) is 0 Å². The third-order valence-electron chi connectivity index (χ3n) is 4.21. The molecule has 1 aliphatic rings. The fraction of sp³-hybridized carbons (Fsp3) is 0.300. The van der Waals surface area contributed by atoms with E-state index in [2.05, 4.69) is 29.7 Å². The van der Waals surface area contributed by atoms with Crippen molar-refractivity contribution in [3.8, 4) is 11.5 Å². The molecule has 0 unspecified atom stereocenters. The van der Waals surface area contributed by atoms with Gasteiger partial charge in [0.1, 0.15) is 0 Å². The highest BCUT2D eigenvalue weighted by molar-refractivity contribution is 5.94. The minimum atomic E-state index is -0.281. The van der Waals surface area contributed by atoms with Crippen molar-refractivity contribution in [3.63, 3.8) is 0 Å². The van der Waals surface area contributed by atoms with Gasteiger partial charge in [0.05, 0.1) is 6.54 Å². The van der Waals surface area contributed by atoms with Crippen LogP contribution in [0.5, 0.6) is 11.5 Å². The third-order valence-corrected chi connectivity index (χ3v) is 4.21. The van der Waals surface area contributed by atoms with Crippen molar-refractivity contribution in [3.05, 3.63) is 53.6 Å². The Morgan fingerprint density at radius 3 is 2.69 bits per heavy atom. The van der Waals surface area contributed by atoms with E-state index in [-0.39, 0.29) is 25.2 Å². The number of amides is 2. The van der Waals surface area contributed by atoms with Gasteiger partial charge < -0.3 is 20.1 Å². The van der Waals surface area contributed by atoms with Crippen molar-refractivity contribution >= 4 is 17.5 Å². The van der Waals surface area contributed by atoms with Gasteiger partial charge in [0.25, 0.3) is 0 Å². The zero-order chi connectivity index (χ0) is 18.4. The number of benzene rings is 2. The molecule has 0 aliphatic carbocycles. The molecule has 6 nitrogen and oxygen atoms in total. The van der Waals surface area contributed by atoms with Gasteiger partial charge in [-0.15, -0.1) is 0 Å². The maximum absolute atomic E-state index is 12.0. The highest BCUT2D eigenvalue weighted by Crippen LogP contribution is 2.34. The Bertz CT molecular complexity index is 804. The number of hydrogen-bond acceptors (Lipinski definition) is 4. The predicted octanol–water partition coefficient (Wildman–Crippen LogP) is 2.80. The van der Waals surface area contributed by atoms with Crippen LogP contribution in [0.4, 0.5) is 5.69 Å². The van der Waals surface area contributed by atoms with E-state index in [0.717, 1.165) is 12.8 Å². The molecule has 26 heavy (non-hydrogen) atoms. The summed E-state index contributed by atoms with van der Waals surface area (Å²) in [5.41, 5.74) is 3.09. The zero-order valence-corrected chi connectivity index (χ0v) is 14.7. The van der Waals surface area contributed by atoms with Crippen LogP contribution < -0.4 is 20.1 Å². The lowest BCUT2D eigenvalue weighted by Crippen LogP contribution is -2.32. The predicted molar refractivity (Wildman–Crippen MR) is 98.3 cm³/mol. The molecular formula is C20H22N2O4. The van der Waals surface area contributed by atoms with Crippen LogP contribution in [0.15, 0.2) is 42.5 Å². The van der Waals surface area contributed by atoms with E-state index in [1.54, 1.807) is 18.2 Å². The van der Waals surface area contributed by atoms with Crippen LogP contribution in [-0.4, -0.2) is 25.2 Å². The summed E-state index contributed by atoms with van der Waals surface area (Å²) in [4.78, 5) is 23.9. The van der Waals surface area contributed by atoms with Crippen molar-refractivity contribution in [2.75, 3.05) is 18.7 Å². The molecule has 0 saturated heterocycles. The molecule has 6 heteroatoms. The fourth-order valence-electron chi connectivity index (χ4n) is 2.78. The smallest absolute Gasteiger partial charge is 0.243 e. The van der Waals surface area contributed by atoms with E-state index >= 15 is 0 Å². The van der Waals surface area contributed by atoms with Gasteiger partial charge in [0.15, 0.2) is 11.5 Å². The molecule has 3 rings (SSSR count). The molecular weight excluding hydrogens is 332 g/mol. The summed E-state index contributed by atoms with van der Waals surface area (Å²) < 4.78 is 10.5. The largest absolute Gasteiger partial charge is 0.454 e. The molecule has 1 heterocycles. The van der Waals surface area contributed by atoms with E-state index < -0.39 is 0 Å². The number of rotatable bonds is 7. The SMILES string of the molecule is Cc1ccccc1CCCC(=O)NCC(=O)Nc1ccc2c(c1)OCO2. The summed E-state index contributed by atoms with van der Waals surface area (Å²) in [6.45, 7) is 2.19. The summed E-state index contributed by atoms with van der Waals surface area (Å²) in [6.07, 6.45) is 2.00. The van der Waals surface area contributed by atoms with E-state index in [9.17, 15) is 9.59 Å². The van der Waals surface area contributed by atoms with Crippen LogP contribution in [0.25, 0.3) is 0 Å². The molecule has 0 atom stereocenters. The summed E-state index contributed by atoms with van der Waals surface area (Å²) in [5.74, 6) is 0.850. The lowest BCUT2D eigenvalue weighted by molar-refractivity contribution is -0.124. The second-order valence-electron chi connectivity index (χ2n) is 6.17. The van der Waals surface area contributed by atoms with Crippen molar-refractivity contribution in [2.45, 2.75) is 26.2 Å². The van der Waals surface area contributed by atoms with E-state index in [0.29, 0.717) is 23.6 Å². The summed E-state index contributed by atoms with van der Waals surface area (Å²) in [6, 6.07) is 13.3. The minimum absolute atomic E-state index is 0.0579. The van der Waals surface area contributed by atoms with Gasteiger partial charge in [0.2, 0.25) is 18.6 Å². The van der Waals surface area contributed by atoms with Crippen LogP contribution in [0, 0.1) is 6.92 Å². The van der Waals surface area contributed by atoms with Gasteiger partial charge in [-0.25, -0.2) is 0 Å². The Kier molecular flexibility index (Phi) is 5.73. The highest BCUT2D eigenvalue weighted by atomic mass is 16.7. The molecule has 2 N–H and O–H groups in total. The average Bonchev–Trinajstić information content (AvgIpc) is 3.09. The number of nitrogens with one attached hydrogen (secondary N) is 2. The summed E-state index contributed by atoms with van der Waals surface area (Å²) in [7, 11) is 0. The molecule has 0 bridgehead atoms. The Morgan fingerprint density at radius 1 is 1.04 bits per heavy atom.